The number of benzene rings is 1. The Morgan fingerprint density at radius 2 is 2.10 bits per heavy atom. The zero-order valence-electron chi connectivity index (χ0n) is 11.1. The van der Waals surface area contributed by atoms with E-state index in [0.717, 1.165) is 4.31 Å². The number of hydrogen-bond acceptors (Lipinski definition) is 5. The van der Waals surface area contributed by atoms with Crippen molar-refractivity contribution in [3.05, 3.63) is 40.7 Å². The Balaban J connectivity index is 2.07. The molecule has 5 nitrogen and oxygen atoms in total. The van der Waals surface area contributed by atoms with Crippen LogP contribution in [0.3, 0.4) is 0 Å². The normalized spacial score (nSPS) is 11.6. The van der Waals surface area contributed by atoms with E-state index in [4.69, 9.17) is 0 Å². The van der Waals surface area contributed by atoms with Gasteiger partial charge in [0.15, 0.2) is 0 Å². The van der Waals surface area contributed by atoms with Gasteiger partial charge >= 0.3 is 0 Å². The summed E-state index contributed by atoms with van der Waals surface area (Å²) in [6.07, 6.45) is 0.252. The number of aromatic nitrogens is 2. The van der Waals surface area contributed by atoms with Crippen molar-refractivity contribution in [3.63, 3.8) is 0 Å². The van der Waals surface area contributed by atoms with E-state index in [1.54, 1.807) is 19.1 Å². The second-order valence-corrected chi connectivity index (χ2v) is 7.55. The van der Waals surface area contributed by atoms with E-state index < -0.39 is 10.0 Å². The molecule has 0 atom stereocenters. The van der Waals surface area contributed by atoms with Crippen molar-refractivity contribution in [1.82, 2.24) is 10.2 Å². The van der Waals surface area contributed by atoms with Crippen LogP contribution in [0.5, 0.6) is 0 Å². The van der Waals surface area contributed by atoms with Crippen molar-refractivity contribution >= 4 is 26.5 Å². The van der Waals surface area contributed by atoms with Crippen LogP contribution in [-0.4, -0.2) is 31.4 Å². The predicted octanol–water partition coefficient (Wildman–Crippen LogP) is 1.99. The monoisotopic (exact) mass is 315 g/mol. The Hall–Kier alpha value is -1.54. The van der Waals surface area contributed by atoms with Gasteiger partial charge in [0.25, 0.3) is 0 Å². The second kappa shape index (κ2) is 5.84. The lowest BCUT2D eigenvalue weighted by molar-refractivity contribution is 0.592. The SMILES string of the molecule is Cc1nnc(N(C)S(=O)(=O)CCc2cccc(F)c2)s1. The van der Waals surface area contributed by atoms with Gasteiger partial charge < -0.3 is 0 Å². The Bertz CT molecular complexity index is 700. The van der Waals surface area contributed by atoms with Crippen LogP contribution < -0.4 is 4.31 Å². The number of nitrogens with zero attached hydrogens (tertiary/aromatic N) is 3. The molecule has 0 unspecified atom stereocenters. The molecule has 0 N–H and O–H groups in total. The van der Waals surface area contributed by atoms with Crippen LogP contribution in [0, 0.1) is 12.7 Å². The Morgan fingerprint density at radius 1 is 1.35 bits per heavy atom. The largest absolute Gasteiger partial charge is 0.247 e. The molecule has 1 aromatic carbocycles. The summed E-state index contributed by atoms with van der Waals surface area (Å²) >= 11 is 1.21. The highest BCUT2D eigenvalue weighted by molar-refractivity contribution is 7.92. The number of hydrogen-bond donors (Lipinski definition) is 0. The van der Waals surface area contributed by atoms with E-state index in [9.17, 15) is 12.8 Å². The fourth-order valence-corrected chi connectivity index (χ4v) is 3.66. The van der Waals surface area contributed by atoms with Gasteiger partial charge in [0.1, 0.15) is 10.8 Å². The molecule has 0 radical (unpaired) electrons. The first-order valence-corrected chi connectivity index (χ1v) is 8.32. The average molecular weight is 315 g/mol. The summed E-state index contributed by atoms with van der Waals surface area (Å²) in [5, 5.41) is 8.64. The van der Waals surface area contributed by atoms with E-state index in [-0.39, 0.29) is 18.0 Å². The number of anilines is 1. The molecule has 108 valence electrons. The summed E-state index contributed by atoms with van der Waals surface area (Å²) in [7, 11) is -2.05. The highest BCUT2D eigenvalue weighted by Crippen LogP contribution is 2.21. The first kappa shape index (κ1) is 14.9. The molecule has 0 spiro atoms. The molecule has 0 saturated carbocycles. The fraction of sp³-hybridized carbons (Fsp3) is 0.333. The van der Waals surface area contributed by atoms with E-state index in [1.165, 1.54) is 30.5 Å². The van der Waals surface area contributed by atoms with E-state index in [0.29, 0.717) is 15.7 Å². The Labute approximate surface area is 121 Å². The standard InChI is InChI=1S/C12H14FN3O2S2/c1-9-14-15-12(19-9)16(2)20(17,18)7-6-10-4-3-5-11(13)8-10/h3-5,8H,6-7H2,1-2H3. The summed E-state index contributed by atoms with van der Waals surface area (Å²) in [6, 6.07) is 5.93. The highest BCUT2D eigenvalue weighted by Gasteiger charge is 2.21. The van der Waals surface area contributed by atoms with Crippen molar-refractivity contribution in [3.8, 4) is 0 Å². The van der Waals surface area contributed by atoms with Gasteiger partial charge in [-0.25, -0.2) is 17.1 Å². The molecule has 0 fully saturated rings. The molecule has 0 bridgehead atoms. The van der Waals surface area contributed by atoms with Crippen LogP contribution in [0.4, 0.5) is 9.52 Å². The molecule has 2 aromatic rings. The van der Waals surface area contributed by atoms with Crippen molar-refractivity contribution in [2.45, 2.75) is 13.3 Å². The third-order valence-electron chi connectivity index (χ3n) is 2.74. The minimum atomic E-state index is -3.49. The molecule has 0 aliphatic heterocycles. The fourth-order valence-electron chi connectivity index (χ4n) is 1.61. The van der Waals surface area contributed by atoms with E-state index >= 15 is 0 Å². The molecule has 2 rings (SSSR count). The maximum atomic E-state index is 13.0. The number of aryl methyl sites for hydroxylation is 2. The topological polar surface area (TPSA) is 63.2 Å². The first-order valence-electron chi connectivity index (χ1n) is 5.89. The third-order valence-corrected chi connectivity index (χ3v) is 5.50. The van der Waals surface area contributed by atoms with Gasteiger partial charge in [0, 0.05) is 7.05 Å². The summed E-state index contributed by atoms with van der Waals surface area (Å²) in [5.74, 6) is -0.473. The van der Waals surface area contributed by atoms with Gasteiger partial charge in [-0.05, 0) is 31.0 Å². The van der Waals surface area contributed by atoms with Gasteiger partial charge in [0.2, 0.25) is 15.2 Å². The molecule has 0 amide bonds. The average Bonchev–Trinajstić information content (AvgIpc) is 2.82. The van der Waals surface area contributed by atoms with Crippen LogP contribution in [0.1, 0.15) is 10.6 Å². The predicted molar refractivity (Wildman–Crippen MR) is 76.9 cm³/mol. The lowest BCUT2D eigenvalue weighted by atomic mass is 10.2. The smallest absolute Gasteiger partial charge is 0.237 e. The molecule has 0 saturated heterocycles. The zero-order valence-corrected chi connectivity index (χ0v) is 12.7. The van der Waals surface area contributed by atoms with Crippen molar-refractivity contribution in [2.24, 2.45) is 0 Å². The number of sulfonamides is 1. The number of halogens is 1. The van der Waals surface area contributed by atoms with Gasteiger partial charge in [0.05, 0.1) is 5.75 Å². The molecular formula is C12H14FN3O2S2. The second-order valence-electron chi connectivity index (χ2n) is 4.27. The lowest BCUT2D eigenvalue weighted by Crippen LogP contribution is -2.29. The summed E-state index contributed by atoms with van der Waals surface area (Å²) < 4.78 is 38.5. The van der Waals surface area contributed by atoms with Gasteiger partial charge in [-0.2, -0.15) is 0 Å². The molecule has 0 aliphatic carbocycles. The molecule has 8 heteroatoms. The summed E-state index contributed by atoms with van der Waals surface area (Å²) in [4.78, 5) is 0. The van der Waals surface area contributed by atoms with Crippen LogP contribution in [0.15, 0.2) is 24.3 Å². The van der Waals surface area contributed by atoms with Crippen molar-refractivity contribution in [1.29, 1.82) is 0 Å². The van der Waals surface area contributed by atoms with E-state index in [2.05, 4.69) is 10.2 Å². The molecule has 20 heavy (non-hydrogen) atoms. The maximum Gasteiger partial charge on any atom is 0.237 e. The maximum absolute atomic E-state index is 13.0. The molecule has 1 heterocycles. The lowest BCUT2D eigenvalue weighted by Gasteiger charge is -2.15. The van der Waals surface area contributed by atoms with Crippen molar-refractivity contribution in [2.75, 3.05) is 17.1 Å². The van der Waals surface area contributed by atoms with Crippen molar-refractivity contribution < 1.29 is 12.8 Å². The van der Waals surface area contributed by atoms with Gasteiger partial charge in [-0.15, -0.1) is 10.2 Å². The van der Waals surface area contributed by atoms with Crippen LogP contribution in [0.2, 0.25) is 0 Å². The Kier molecular flexibility index (Phi) is 4.34. The minimum Gasteiger partial charge on any atom is -0.247 e. The summed E-state index contributed by atoms with van der Waals surface area (Å²) in [6.45, 7) is 1.76. The van der Waals surface area contributed by atoms with E-state index in [1.807, 2.05) is 0 Å². The number of rotatable bonds is 5. The summed E-state index contributed by atoms with van der Waals surface area (Å²) in [5.41, 5.74) is 0.649. The molecular weight excluding hydrogens is 301 g/mol. The van der Waals surface area contributed by atoms with Gasteiger partial charge in [-0.3, -0.25) is 0 Å². The van der Waals surface area contributed by atoms with Crippen LogP contribution in [0.25, 0.3) is 0 Å². The minimum absolute atomic E-state index is 0.106. The molecule has 0 aliphatic rings. The molecule has 1 aromatic heterocycles. The first-order chi connectivity index (χ1) is 9.38. The van der Waals surface area contributed by atoms with Crippen LogP contribution >= 0.6 is 11.3 Å². The Morgan fingerprint density at radius 3 is 2.70 bits per heavy atom. The quantitative estimate of drug-likeness (QED) is 0.846. The van der Waals surface area contributed by atoms with Gasteiger partial charge in [-0.1, -0.05) is 23.5 Å². The van der Waals surface area contributed by atoms with Crippen LogP contribution in [-0.2, 0) is 16.4 Å². The zero-order chi connectivity index (χ0) is 14.8. The highest BCUT2D eigenvalue weighted by atomic mass is 32.2. The third kappa shape index (κ3) is 3.51.